The third kappa shape index (κ3) is 3.45. The van der Waals surface area contributed by atoms with Gasteiger partial charge in [-0.1, -0.05) is 6.07 Å². The summed E-state index contributed by atoms with van der Waals surface area (Å²) in [6.45, 7) is 3.67. The molecular formula is C13H18N4O3. The second kappa shape index (κ2) is 6.85. The van der Waals surface area contributed by atoms with Crippen LogP contribution < -0.4 is 11.0 Å². The summed E-state index contributed by atoms with van der Waals surface area (Å²) in [5, 5.41) is 6.83. The molecule has 0 atom stereocenters. The monoisotopic (exact) mass is 278 g/mol. The minimum absolute atomic E-state index is 0.0743. The van der Waals surface area contributed by atoms with Crippen LogP contribution in [-0.4, -0.2) is 39.8 Å². The van der Waals surface area contributed by atoms with Crippen molar-refractivity contribution in [1.82, 2.24) is 19.5 Å². The molecule has 0 aliphatic heterocycles. The molecule has 0 unspecified atom stereocenters. The number of pyridine rings is 1. The van der Waals surface area contributed by atoms with Gasteiger partial charge in [-0.15, -0.1) is 5.10 Å². The van der Waals surface area contributed by atoms with Crippen LogP contribution in [-0.2, 0) is 16.1 Å². The van der Waals surface area contributed by atoms with Crippen LogP contribution in [0.4, 0.5) is 0 Å². The topological polar surface area (TPSA) is 77.6 Å². The van der Waals surface area contributed by atoms with Gasteiger partial charge in [0.1, 0.15) is 6.54 Å². The van der Waals surface area contributed by atoms with E-state index in [-0.39, 0.29) is 18.1 Å². The molecule has 20 heavy (non-hydrogen) atoms. The number of nitrogens with zero attached hydrogens (tertiary/aromatic N) is 3. The Hall–Kier alpha value is -2.15. The molecule has 0 bridgehead atoms. The molecule has 0 aromatic carbocycles. The Bertz CT molecular complexity index is 632. The van der Waals surface area contributed by atoms with E-state index in [2.05, 4.69) is 10.4 Å². The molecule has 7 heteroatoms. The van der Waals surface area contributed by atoms with Crippen LogP contribution in [0.5, 0.6) is 0 Å². The van der Waals surface area contributed by atoms with Gasteiger partial charge < -0.3 is 10.1 Å². The predicted molar refractivity (Wildman–Crippen MR) is 73.6 cm³/mol. The van der Waals surface area contributed by atoms with Crippen molar-refractivity contribution >= 4 is 11.6 Å². The zero-order chi connectivity index (χ0) is 14.4. The van der Waals surface area contributed by atoms with Gasteiger partial charge in [-0.25, -0.2) is 9.48 Å². The van der Waals surface area contributed by atoms with Gasteiger partial charge in [0.05, 0.1) is 0 Å². The summed E-state index contributed by atoms with van der Waals surface area (Å²) < 4.78 is 7.74. The average Bonchev–Trinajstić information content (AvgIpc) is 2.76. The number of aromatic nitrogens is 3. The summed E-state index contributed by atoms with van der Waals surface area (Å²) >= 11 is 0. The van der Waals surface area contributed by atoms with Crippen LogP contribution in [0.25, 0.3) is 5.65 Å². The van der Waals surface area contributed by atoms with Crippen molar-refractivity contribution in [3.05, 3.63) is 34.9 Å². The van der Waals surface area contributed by atoms with E-state index in [1.165, 1.54) is 4.40 Å². The van der Waals surface area contributed by atoms with Crippen LogP contribution >= 0.6 is 0 Å². The Morgan fingerprint density at radius 1 is 1.45 bits per heavy atom. The fourth-order valence-corrected chi connectivity index (χ4v) is 1.81. The zero-order valence-electron chi connectivity index (χ0n) is 11.4. The van der Waals surface area contributed by atoms with Crippen LogP contribution in [0.2, 0.25) is 0 Å². The molecule has 1 amide bonds. The summed E-state index contributed by atoms with van der Waals surface area (Å²) in [4.78, 5) is 23.7. The van der Waals surface area contributed by atoms with Gasteiger partial charge in [-0.05, 0) is 25.5 Å². The number of carbonyl (C=O) groups is 1. The Labute approximate surface area is 116 Å². The third-order valence-electron chi connectivity index (χ3n) is 2.77. The number of nitrogens with one attached hydrogen (secondary N) is 1. The number of rotatable bonds is 7. The fourth-order valence-electron chi connectivity index (χ4n) is 1.81. The molecule has 2 aromatic rings. The van der Waals surface area contributed by atoms with Crippen molar-refractivity contribution in [2.24, 2.45) is 0 Å². The second-order valence-corrected chi connectivity index (χ2v) is 4.27. The van der Waals surface area contributed by atoms with Crippen LogP contribution in [0.3, 0.4) is 0 Å². The van der Waals surface area contributed by atoms with Crippen molar-refractivity contribution in [2.45, 2.75) is 19.9 Å². The molecule has 2 aromatic heterocycles. The number of ether oxygens (including phenoxy) is 1. The van der Waals surface area contributed by atoms with E-state index >= 15 is 0 Å². The van der Waals surface area contributed by atoms with Crippen molar-refractivity contribution < 1.29 is 9.53 Å². The number of hydrogen-bond acceptors (Lipinski definition) is 4. The number of hydrogen-bond donors (Lipinski definition) is 1. The van der Waals surface area contributed by atoms with Crippen LogP contribution in [0.1, 0.15) is 13.3 Å². The van der Waals surface area contributed by atoms with Gasteiger partial charge in [0.2, 0.25) is 5.91 Å². The standard InChI is InChI=1S/C13H18N4O3/c1-2-20-9-5-7-14-12(18)10-17-13(19)16-8-4-3-6-11(16)15-17/h3-4,6,8H,2,5,7,9-10H2,1H3,(H,14,18). The molecule has 0 spiro atoms. The van der Waals surface area contributed by atoms with Crippen molar-refractivity contribution in [1.29, 1.82) is 0 Å². The summed E-state index contributed by atoms with van der Waals surface area (Å²) in [5.41, 5.74) is 0.215. The Kier molecular flexibility index (Phi) is 4.89. The molecular weight excluding hydrogens is 260 g/mol. The summed E-state index contributed by atoms with van der Waals surface area (Å²) in [5.74, 6) is -0.230. The lowest BCUT2D eigenvalue weighted by atomic mass is 10.4. The zero-order valence-corrected chi connectivity index (χ0v) is 11.4. The molecule has 7 nitrogen and oxygen atoms in total. The largest absolute Gasteiger partial charge is 0.382 e. The van der Waals surface area contributed by atoms with Crippen molar-refractivity contribution in [3.63, 3.8) is 0 Å². The lowest BCUT2D eigenvalue weighted by Crippen LogP contribution is -2.33. The first-order valence-corrected chi connectivity index (χ1v) is 6.61. The van der Waals surface area contributed by atoms with E-state index in [4.69, 9.17) is 4.74 Å². The van der Waals surface area contributed by atoms with Crippen LogP contribution in [0, 0.1) is 0 Å². The van der Waals surface area contributed by atoms with E-state index in [1.807, 2.05) is 6.92 Å². The predicted octanol–water partition coefficient (Wildman–Crippen LogP) is 0.0388. The fraction of sp³-hybridized carbons (Fsp3) is 0.462. The lowest BCUT2D eigenvalue weighted by Gasteiger charge is -2.04. The average molecular weight is 278 g/mol. The minimum atomic E-state index is -0.315. The first-order valence-electron chi connectivity index (χ1n) is 6.61. The van der Waals surface area contributed by atoms with E-state index in [0.29, 0.717) is 25.4 Å². The molecule has 0 saturated heterocycles. The van der Waals surface area contributed by atoms with Gasteiger partial charge in [-0.3, -0.25) is 9.20 Å². The molecule has 0 radical (unpaired) electrons. The third-order valence-corrected chi connectivity index (χ3v) is 2.77. The molecule has 0 saturated carbocycles. The maximum atomic E-state index is 11.9. The maximum absolute atomic E-state index is 11.9. The highest BCUT2D eigenvalue weighted by Crippen LogP contribution is 1.94. The quantitative estimate of drug-likeness (QED) is 0.725. The van der Waals surface area contributed by atoms with Gasteiger partial charge in [0, 0.05) is 26.0 Å². The summed E-state index contributed by atoms with van der Waals surface area (Å²) in [6, 6.07) is 5.26. The molecule has 0 fully saturated rings. The van der Waals surface area contributed by atoms with Crippen molar-refractivity contribution in [3.8, 4) is 0 Å². The number of amides is 1. The van der Waals surface area contributed by atoms with E-state index in [1.54, 1.807) is 24.4 Å². The first-order chi connectivity index (χ1) is 9.72. The Balaban J connectivity index is 1.90. The normalized spacial score (nSPS) is 10.8. The van der Waals surface area contributed by atoms with Crippen molar-refractivity contribution in [2.75, 3.05) is 19.8 Å². The molecule has 2 heterocycles. The van der Waals surface area contributed by atoms with Crippen LogP contribution in [0.15, 0.2) is 29.2 Å². The van der Waals surface area contributed by atoms with E-state index in [0.717, 1.165) is 11.1 Å². The van der Waals surface area contributed by atoms with Gasteiger partial charge in [0.25, 0.3) is 0 Å². The molecule has 0 aliphatic rings. The maximum Gasteiger partial charge on any atom is 0.350 e. The SMILES string of the molecule is CCOCCCNC(=O)Cn1nc2ccccn2c1=O. The first kappa shape index (κ1) is 14.3. The number of fused-ring (bicyclic) bond motifs is 1. The Morgan fingerprint density at radius 3 is 3.05 bits per heavy atom. The van der Waals surface area contributed by atoms with Gasteiger partial charge in [0.15, 0.2) is 5.65 Å². The van der Waals surface area contributed by atoms with Gasteiger partial charge in [-0.2, -0.15) is 0 Å². The van der Waals surface area contributed by atoms with Gasteiger partial charge >= 0.3 is 5.69 Å². The smallest absolute Gasteiger partial charge is 0.350 e. The molecule has 0 aliphatic carbocycles. The summed E-state index contributed by atoms with van der Waals surface area (Å²) in [7, 11) is 0. The highest BCUT2D eigenvalue weighted by molar-refractivity contribution is 5.75. The minimum Gasteiger partial charge on any atom is -0.382 e. The Morgan fingerprint density at radius 2 is 2.30 bits per heavy atom. The lowest BCUT2D eigenvalue weighted by molar-refractivity contribution is -0.121. The summed E-state index contributed by atoms with van der Waals surface area (Å²) in [6.07, 6.45) is 2.38. The highest BCUT2D eigenvalue weighted by atomic mass is 16.5. The molecule has 1 N–H and O–H groups in total. The number of carbonyl (C=O) groups excluding carboxylic acids is 1. The molecule has 108 valence electrons. The van der Waals surface area contributed by atoms with E-state index in [9.17, 15) is 9.59 Å². The molecule has 2 rings (SSSR count). The van der Waals surface area contributed by atoms with E-state index < -0.39 is 0 Å². The second-order valence-electron chi connectivity index (χ2n) is 4.27. The highest BCUT2D eigenvalue weighted by Gasteiger charge is 2.09.